The summed E-state index contributed by atoms with van der Waals surface area (Å²) in [5, 5.41) is 20.4. The predicted octanol–water partition coefficient (Wildman–Crippen LogP) is 4.00. The number of aromatic nitrogens is 3. The molecule has 3 rings (SSSR count). The van der Waals surface area contributed by atoms with E-state index in [2.05, 4.69) is 15.3 Å². The maximum absolute atomic E-state index is 13.9. The molecule has 0 saturated heterocycles. The zero-order valence-corrected chi connectivity index (χ0v) is 21.0. The highest BCUT2D eigenvalue weighted by molar-refractivity contribution is 6.31. The maximum Gasteiger partial charge on any atom is 0.277 e. The number of halogens is 3. The maximum atomic E-state index is 13.9. The molecule has 11 heteroatoms. The van der Waals surface area contributed by atoms with E-state index < -0.39 is 22.7 Å². The Labute approximate surface area is 211 Å². The van der Waals surface area contributed by atoms with E-state index >= 15 is 0 Å². The Morgan fingerprint density at radius 2 is 1.97 bits per heavy atom. The molecule has 0 unspecified atom stereocenters. The number of aliphatic hydroxyl groups excluding tert-OH is 1. The summed E-state index contributed by atoms with van der Waals surface area (Å²) in [5.41, 5.74) is 0.762. The fourth-order valence-corrected chi connectivity index (χ4v) is 3.36. The van der Waals surface area contributed by atoms with Gasteiger partial charge in [0.1, 0.15) is 28.9 Å². The standard InChI is InChI=1S/C25H26ClF2N5O3/c1-14-10-30-19(18(29)5-6-32-25(3,4)13-34)9-21(14)33-15(2)7-22(23(26)24(33)35)36-12-20-17(28)8-16(27)11-31-20/h5-11,29,32,34H,12-13H2,1-4H3/b6-5-,29-18?. The van der Waals surface area contributed by atoms with Crippen LogP contribution in [0.15, 0.2) is 47.7 Å². The number of rotatable bonds is 9. The van der Waals surface area contributed by atoms with E-state index in [-0.39, 0.29) is 35.4 Å². The van der Waals surface area contributed by atoms with Gasteiger partial charge in [0.15, 0.2) is 5.82 Å². The third-order valence-electron chi connectivity index (χ3n) is 5.26. The lowest BCUT2D eigenvalue weighted by Crippen LogP contribution is -2.39. The Bertz CT molecular complexity index is 1390. The van der Waals surface area contributed by atoms with Crippen LogP contribution in [0.4, 0.5) is 8.78 Å². The third-order valence-corrected chi connectivity index (χ3v) is 5.61. The lowest BCUT2D eigenvalue weighted by Gasteiger charge is -2.21. The quantitative estimate of drug-likeness (QED) is 0.370. The van der Waals surface area contributed by atoms with Gasteiger partial charge in [-0.05, 0) is 51.6 Å². The van der Waals surface area contributed by atoms with E-state index in [4.69, 9.17) is 21.7 Å². The number of nitrogens with zero attached hydrogens (tertiary/aromatic N) is 3. The Balaban J connectivity index is 1.91. The van der Waals surface area contributed by atoms with Crippen LogP contribution in [0.3, 0.4) is 0 Å². The Hall–Kier alpha value is -3.63. The fraction of sp³-hybridized carbons (Fsp3) is 0.280. The van der Waals surface area contributed by atoms with E-state index in [1.54, 1.807) is 32.3 Å². The molecule has 36 heavy (non-hydrogen) atoms. The summed E-state index contributed by atoms with van der Waals surface area (Å²) in [6.45, 7) is 6.62. The highest BCUT2D eigenvalue weighted by Gasteiger charge is 2.18. The number of hydrogen-bond donors (Lipinski definition) is 3. The van der Waals surface area contributed by atoms with Gasteiger partial charge in [0.2, 0.25) is 0 Å². The molecule has 3 aromatic rings. The molecule has 0 bridgehead atoms. The second-order valence-corrected chi connectivity index (χ2v) is 9.14. The lowest BCUT2D eigenvalue weighted by atomic mass is 10.1. The van der Waals surface area contributed by atoms with Crippen LogP contribution in [0.5, 0.6) is 5.75 Å². The van der Waals surface area contributed by atoms with Gasteiger partial charge in [0.25, 0.3) is 5.56 Å². The van der Waals surface area contributed by atoms with Gasteiger partial charge in [-0.25, -0.2) is 8.78 Å². The monoisotopic (exact) mass is 517 g/mol. The molecule has 0 spiro atoms. The first kappa shape index (κ1) is 27.0. The number of aliphatic hydroxyl groups is 1. The van der Waals surface area contributed by atoms with Gasteiger partial charge in [-0.3, -0.25) is 24.7 Å². The van der Waals surface area contributed by atoms with Crippen LogP contribution in [-0.2, 0) is 6.61 Å². The van der Waals surface area contributed by atoms with Crippen molar-refractivity contribution in [2.45, 2.75) is 39.8 Å². The minimum absolute atomic E-state index is 0.0288. The summed E-state index contributed by atoms with van der Waals surface area (Å²) >= 11 is 6.30. The Kier molecular flexibility index (Phi) is 8.21. The number of ether oxygens (including phenoxy) is 1. The molecule has 0 aliphatic heterocycles. The molecule has 0 radical (unpaired) electrons. The van der Waals surface area contributed by atoms with Crippen molar-refractivity contribution >= 4 is 17.3 Å². The highest BCUT2D eigenvalue weighted by Crippen LogP contribution is 2.26. The van der Waals surface area contributed by atoms with Crippen LogP contribution in [0.1, 0.15) is 36.5 Å². The van der Waals surface area contributed by atoms with Crippen molar-refractivity contribution in [3.05, 3.63) is 92.5 Å². The third kappa shape index (κ3) is 6.13. The van der Waals surface area contributed by atoms with Crippen molar-refractivity contribution in [3.63, 3.8) is 0 Å². The molecule has 0 saturated carbocycles. The number of hydrogen-bond acceptors (Lipinski definition) is 7. The van der Waals surface area contributed by atoms with E-state index in [0.29, 0.717) is 28.7 Å². The number of allylic oxidation sites excluding steroid dienone is 1. The van der Waals surface area contributed by atoms with Crippen LogP contribution in [0.2, 0.25) is 5.02 Å². The molecule has 190 valence electrons. The topological polar surface area (TPSA) is 113 Å². The summed E-state index contributed by atoms with van der Waals surface area (Å²) < 4.78 is 33.8. The normalized spacial score (nSPS) is 11.7. The second-order valence-electron chi connectivity index (χ2n) is 8.76. The van der Waals surface area contributed by atoms with Crippen LogP contribution in [0, 0.1) is 30.9 Å². The molecule has 0 fully saturated rings. The molecular formula is C25H26ClF2N5O3. The number of aryl methyl sites for hydroxylation is 2. The average molecular weight is 518 g/mol. The highest BCUT2D eigenvalue weighted by atomic mass is 35.5. The van der Waals surface area contributed by atoms with Gasteiger partial charge < -0.3 is 15.2 Å². The van der Waals surface area contributed by atoms with Gasteiger partial charge in [-0.1, -0.05) is 11.6 Å². The second kappa shape index (κ2) is 11.0. The zero-order chi connectivity index (χ0) is 26.6. The van der Waals surface area contributed by atoms with Gasteiger partial charge in [0, 0.05) is 24.0 Å². The first-order valence-electron chi connectivity index (χ1n) is 10.9. The van der Waals surface area contributed by atoms with Gasteiger partial charge in [0.05, 0.1) is 35.4 Å². The number of nitrogens with one attached hydrogen (secondary N) is 2. The van der Waals surface area contributed by atoms with Crippen LogP contribution < -0.4 is 15.6 Å². The summed E-state index contributed by atoms with van der Waals surface area (Å²) in [6, 6.07) is 3.82. The van der Waals surface area contributed by atoms with E-state index in [9.17, 15) is 18.7 Å². The first-order chi connectivity index (χ1) is 16.9. The molecule has 0 aliphatic carbocycles. The number of pyridine rings is 3. The summed E-state index contributed by atoms with van der Waals surface area (Å²) in [7, 11) is 0. The van der Waals surface area contributed by atoms with Crippen molar-refractivity contribution in [3.8, 4) is 11.4 Å². The van der Waals surface area contributed by atoms with Crippen LogP contribution in [-0.4, -0.2) is 37.5 Å². The van der Waals surface area contributed by atoms with Crippen molar-refractivity contribution in [1.29, 1.82) is 5.41 Å². The largest absolute Gasteiger partial charge is 0.485 e. The molecule has 8 nitrogen and oxygen atoms in total. The van der Waals surface area contributed by atoms with Gasteiger partial charge in [-0.15, -0.1) is 0 Å². The van der Waals surface area contributed by atoms with Crippen molar-refractivity contribution in [2.24, 2.45) is 0 Å². The summed E-state index contributed by atoms with van der Waals surface area (Å²) in [4.78, 5) is 21.1. The van der Waals surface area contributed by atoms with Crippen molar-refractivity contribution in [1.82, 2.24) is 19.9 Å². The zero-order valence-electron chi connectivity index (χ0n) is 20.2. The Morgan fingerprint density at radius 1 is 1.25 bits per heavy atom. The molecule has 3 N–H and O–H groups in total. The minimum Gasteiger partial charge on any atom is -0.485 e. The molecular weight excluding hydrogens is 492 g/mol. The Morgan fingerprint density at radius 3 is 2.64 bits per heavy atom. The SMILES string of the molecule is Cc1cnc(C(=N)/C=C\NC(C)(C)CO)cc1-n1c(C)cc(OCc2ncc(F)cc2F)c(Cl)c1=O. The van der Waals surface area contributed by atoms with E-state index in [1.165, 1.54) is 16.7 Å². The van der Waals surface area contributed by atoms with Gasteiger partial charge >= 0.3 is 0 Å². The molecule has 0 aromatic carbocycles. The minimum atomic E-state index is -0.872. The fourth-order valence-electron chi connectivity index (χ4n) is 3.16. The van der Waals surface area contributed by atoms with Crippen molar-refractivity contribution in [2.75, 3.05) is 6.61 Å². The first-order valence-corrected chi connectivity index (χ1v) is 11.3. The van der Waals surface area contributed by atoms with E-state index in [1.807, 2.05) is 13.8 Å². The van der Waals surface area contributed by atoms with Gasteiger partial charge in [-0.2, -0.15) is 0 Å². The smallest absolute Gasteiger partial charge is 0.277 e. The predicted molar refractivity (Wildman–Crippen MR) is 133 cm³/mol. The molecule has 0 atom stereocenters. The lowest BCUT2D eigenvalue weighted by molar-refractivity contribution is 0.202. The van der Waals surface area contributed by atoms with Crippen LogP contribution in [0.25, 0.3) is 5.69 Å². The average Bonchev–Trinajstić information content (AvgIpc) is 2.82. The van der Waals surface area contributed by atoms with Crippen molar-refractivity contribution < 1.29 is 18.6 Å². The van der Waals surface area contributed by atoms with Crippen LogP contribution >= 0.6 is 11.6 Å². The molecule has 0 aliphatic rings. The summed E-state index contributed by atoms with van der Waals surface area (Å²) in [6.07, 6.45) is 5.47. The van der Waals surface area contributed by atoms with E-state index in [0.717, 1.165) is 6.20 Å². The summed E-state index contributed by atoms with van der Waals surface area (Å²) in [5.74, 6) is -1.66. The molecule has 3 heterocycles. The molecule has 3 aromatic heterocycles. The molecule has 0 amide bonds.